The van der Waals surface area contributed by atoms with E-state index in [0.717, 1.165) is 19.1 Å². The summed E-state index contributed by atoms with van der Waals surface area (Å²) >= 11 is 0. The molecule has 2 aromatic rings. The summed E-state index contributed by atoms with van der Waals surface area (Å²) in [6, 6.07) is 7.78. The molecule has 0 aliphatic heterocycles. The maximum Gasteiger partial charge on any atom is 0.573 e. The zero-order valence-corrected chi connectivity index (χ0v) is 15.1. The number of alkyl halides is 6. The van der Waals surface area contributed by atoms with Crippen LogP contribution in [-0.4, -0.2) is 29.5 Å². The molecule has 2 atom stereocenters. The number of nitrogens with one attached hydrogen (secondary N) is 1. The molecule has 0 saturated heterocycles. The Labute approximate surface area is 161 Å². The van der Waals surface area contributed by atoms with Crippen LogP contribution < -0.4 is 14.8 Å². The van der Waals surface area contributed by atoms with Crippen molar-refractivity contribution in [2.45, 2.75) is 38.5 Å². The van der Waals surface area contributed by atoms with Crippen molar-refractivity contribution >= 4 is 5.91 Å². The molecule has 0 radical (unpaired) electrons. The molecular weight excluding hydrogens is 406 g/mol. The summed E-state index contributed by atoms with van der Waals surface area (Å²) in [7, 11) is 0. The first kappa shape index (κ1) is 22.3. The molecular formula is C18H16F6N2O3. The number of carbonyl (C=O) groups is 1. The average molecular weight is 422 g/mol. The number of carbonyl (C=O) groups excluding carboxylic acids is 1. The molecule has 0 fully saturated rings. The molecule has 0 spiro atoms. The predicted octanol–water partition coefficient (Wildman–Crippen LogP) is 4.80. The van der Waals surface area contributed by atoms with Gasteiger partial charge < -0.3 is 14.8 Å². The van der Waals surface area contributed by atoms with Crippen molar-refractivity contribution < 1.29 is 40.6 Å². The lowest BCUT2D eigenvalue weighted by atomic mass is 10.1. The first-order chi connectivity index (χ1) is 13.3. The third kappa shape index (κ3) is 6.84. The van der Waals surface area contributed by atoms with E-state index in [0.29, 0.717) is 0 Å². The van der Waals surface area contributed by atoms with Gasteiger partial charge in [-0.25, -0.2) is 4.98 Å². The van der Waals surface area contributed by atoms with Gasteiger partial charge in [-0.05, 0) is 38.1 Å². The maximum absolute atomic E-state index is 12.6. The molecule has 158 valence electrons. The van der Waals surface area contributed by atoms with Crippen LogP contribution in [-0.2, 0) is 0 Å². The van der Waals surface area contributed by atoms with E-state index in [1.165, 1.54) is 37.3 Å². The van der Waals surface area contributed by atoms with Gasteiger partial charge in [-0.15, -0.1) is 13.2 Å². The Morgan fingerprint density at radius 3 is 2.31 bits per heavy atom. The van der Waals surface area contributed by atoms with Crippen molar-refractivity contribution in [3.8, 4) is 11.6 Å². The molecule has 1 N–H and O–H groups in total. The van der Waals surface area contributed by atoms with Crippen LogP contribution in [0.25, 0.3) is 0 Å². The predicted molar refractivity (Wildman–Crippen MR) is 89.4 cm³/mol. The fourth-order valence-electron chi connectivity index (χ4n) is 2.17. The van der Waals surface area contributed by atoms with Crippen molar-refractivity contribution in [3.63, 3.8) is 0 Å². The molecule has 1 amide bonds. The number of hydrogen-bond acceptors (Lipinski definition) is 4. The molecule has 0 bridgehead atoms. The number of rotatable bonds is 6. The molecule has 0 saturated carbocycles. The summed E-state index contributed by atoms with van der Waals surface area (Å²) in [4.78, 5) is 16.2. The van der Waals surface area contributed by atoms with E-state index in [1.54, 1.807) is 0 Å². The first-order valence-corrected chi connectivity index (χ1v) is 8.22. The Balaban J connectivity index is 2.08. The fraction of sp³-hybridized carbons (Fsp3) is 0.333. The molecule has 1 heterocycles. The van der Waals surface area contributed by atoms with Gasteiger partial charge in [0, 0.05) is 11.6 Å². The number of nitrogens with zero attached hydrogens (tertiary/aromatic N) is 1. The van der Waals surface area contributed by atoms with Crippen LogP contribution in [0.2, 0.25) is 0 Å². The third-order valence-electron chi connectivity index (χ3n) is 3.62. The van der Waals surface area contributed by atoms with Crippen LogP contribution in [0.3, 0.4) is 0 Å². The molecule has 0 aliphatic carbocycles. The molecule has 2 rings (SSSR count). The highest BCUT2D eigenvalue weighted by atomic mass is 19.4. The number of halogens is 6. The number of hydrogen-bond donors (Lipinski definition) is 1. The van der Waals surface area contributed by atoms with Crippen LogP contribution in [0.5, 0.6) is 11.6 Å². The normalized spacial score (nSPS) is 14.1. The minimum Gasteiger partial charge on any atom is -0.465 e. The summed E-state index contributed by atoms with van der Waals surface area (Å²) in [6.07, 6.45) is -11.5. The topological polar surface area (TPSA) is 60.5 Å². The van der Waals surface area contributed by atoms with E-state index in [1.807, 2.05) is 0 Å². The second-order valence-corrected chi connectivity index (χ2v) is 5.97. The quantitative estimate of drug-likeness (QED) is 0.680. The minimum atomic E-state index is -4.90. The second-order valence-electron chi connectivity index (χ2n) is 5.97. The number of pyridine rings is 1. The van der Waals surface area contributed by atoms with E-state index < -0.39 is 36.3 Å². The van der Waals surface area contributed by atoms with Crippen LogP contribution in [0.1, 0.15) is 35.9 Å². The zero-order valence-electron chi connectivity index (χ0n) is 15.1. The summed E-state index contributed by atoms with van der Waals surface area (Å²) in [5.41, 5.74) is 0.101. The standard InChI is InChI=1S/C18H16F6N2O3/c1-10(14-7-4-8-15(26-14)28-11(2)17(19,20)21)25-16(27)12-5-3-6-13(9-12)29-18(22,23)24/h3-11H,1-2H3,(H,25,27)/t10-,11-/m1/s1. The number of aromatic nitrogens is 1. The van der Waals surface area contributed by atoms with Gasteiger partial charge in [0.15, 0.2) is 6.10 Å². The van der Waals surface area contributed by atoms with Crippen LogP contribution in [0.4, 0.5) is 26.3 Å². The van der Waals surface area contributed by atoms with E-state index in [-0.39, 0.29) is 17.1 Å². The number of ether oxygens (including phenoxy) is 2. The molecule has 29 heavy (non-hydrogen) atoms. The summed E-state index contributed by atoms with van der Waals surface area (Å²) in [5, 5.41) is 2.50. The van der Waals surface area contributed by atoms with Crippen molar-refractivity contribution in [2.24, 2.45) is 0 Å². The average Bonchev–Trinajstić information content (AvgIpc) is 2.59. The lowest BCUT2D eigenvalue weighted by Crippen LogP contribution is -2.31. The van der Waals surface area contributed by atoms with E-state index in [2.05, 4.69) is 15.0 Å². The third-order valence-corrected chi connectivity index (χ3v) is 3.62. The largest absolute Gasteiger partial charge is 0.573 e. The van der Waals surface area contributed by atoms with Gasteiger partial charge >= 0.3 is 12.5 Å². The first-order valence-electron chi connectivity index (χ1n) is 8.22. The van der Waals surface area contributed by atoms with Crippen LogP contribution >= 0.6 is 0 Å². The van der Waals surface area contributed by atoms with Crippen LogP contribution in [0, 0.1) is 0 Å². The fourth-order valence-corrected chi connectivity index (χ4v) is 2.17. The smallest absolute Gasteiger partial charge is 0.465 e. The molecule has 11 heteroatoms. The Bertz CT molecular complexity index is 854. The SMILES string of the molecule is C[C@@H](NC(=O)c1cccc(OC(F)(F)F)c1)c1cccc(O[C@H](C)C(F)(F)F)n1. The minimum absolute atomic E-state index is 0.100. The van der Waals surface area contributed by atoms with Crippen LogP contribution in [0.15, 0.2) is 42.5 Å². The number of benzene rings is 1. The second kappa shape index (κ2) is 8.58. The molecule has 0 aliphatic rings. The Hall–Kier alpha value is -2.98. The van der Waals surface area contributed by atoms with E-state index >= 15 is 0 Å². The zero-order chi connectivity index (χ0) is 21.8. The summed E-state index contributed by atoms with van der Waals surface area (Å²) in [5.74, 6) is -1.57. The van der Waals surface area contributed by atoms with Gasteiger partial charge in [0.1, 0.15) is 5.75 Å². The summed E-state index contributed by atoms with van der Waals surface area (Å²) in [6.45, 7) is 2.34. The van der Waals surface area contributed by atoms with Gasteiger partial charge in [-0.2, -0.15) is 13.2 Å². The van der Waals surface area contributed by atoms with Gasteiger partial charge in [0.05, 0.1) is 11.7 Å². The highest BCUT2D eigenvalue weighted by molar-refractivity contribution is 5.94. The van der Waals surface area contributed by atoms with Crippen molar-refractivity contribution in [2.75, 3.05) is 0 Å². The molecule has 1 aromatic carbocycles. The van der Waals surface area contributed by atoms with Gasteiger partial charge in [-0.1, -0.05) is 12.1 Å². The van der Waals surface area contributed by atoms with E-state index in [9.17, 15) is 31.1 Å². The van der Waals surface area contributed by atoms with Crippen molar-refractivity contribution in [1.29, 1.82) is 0 Å². The molecule has 1 aromatic heterocycles. The Kier molecular flexibility index (Phi) is 6.60. The molecule has 5 nitrogen and oxygen atoms in total. The Morgan fingerprint density at radius 2 is 1.69 bits per heavy atom. The lowest BCUT2D eigenvalue weighted by Gasteiger charge is -2.18. The highest BCUT2D eigenvalue weighted by Gasteiger charge is 2.38. The van der Waals surface area contributed by atoms with E-state index in [4.69, 9.17) is 4.74 Å². The maximum atomic E-state index is 12.6. The van der Waals surface area contributed by atoms with Gasteiger partial charge in [-0.3, -0.25) is 4.79 Å². The van der Waals surface area contributed by atoms with Gasteiger partial charge in [0.25, 0.3) is 5.91 Å². The lowest BCUT2D eigenvalue weighted by molar-refractivity contribution is -0.274. The highest BCUT2D eigenvalue weighted by Crippen LogP contribution is 2.25. The molecule has 0 unspecified atom stereocenters. The van der Waals surface area contributed by atoms with Crippen molar-refractivity contribution in [1.82, 2.24) is 10.3 Å². The summed E-state index contributed by atoms with van der Waals surface area (Å²) < 4.78 is 83.2. The number of amides is 1. The Morgan fingerprint density at radius 1 is 1.03 bits per heavy atom. The van der Waals surface area contributed by atoms with Crippen molar-refractivity contribution in [3.05, 3.63) is 53.7 Å². The van der Waals surface area contributed by atoms with Gasteiger partial charge in [0.2, 0.25) is 5.88 Å². The monoisotopic (exact) mass is 422 g/mol.